The zero-order valence-corrected chi connectivity index (χ0v) is 16.1. The summed E-state index contributed by atoms with van der Waals surface area (Å²) >= 11 is 8.67. The highest BCUT2D eigenvalue weighted by Crippen LogP contribution is 2.38. The molecule has 0 aliphatic heterocycles. The Labute approximate surface area is 163 Å². The van der Waals surface area contributed by atoms with Crippen LogP contribution in [0.1, 0.15) is 10.8 Å². The highest BCUT2D eigenvalue weighted by Gasteiger charge is 2.24. The predicted molar refractivity (Wildman–Crippen MR) is 106 cm³/mol. The Morgan fingerprint density at radius 2 is 2.04 bits per heavy atom. The zero-order valence-electron chi connectivity index (χ0n) is 13.7. The van der Waals surface area contributed by atoms with E-state index in [0.29, 0.717) is 25.9 Å². The Morgan fingerprint density at radius 1 is 1.27 bits per heavy atom. The number of ether oxygens (including phenoxy) is 1. The monoisotopic (exact) mass is 406 g/mol. The van der Waals surface area contributed by atoms with Gasteiger partial charge in [0.25, 0.3) is 0 Å². The van der Waals surface area contributed by atoms with Crippen LogP contribution in [0.4, 0.5) is 10.8 Å². The third-order valence-corrected chi connectivity index (χ3v) is 5.79. The fourth-order valence-electron chi connectivity index (χ4n) is 2.22. The van der Waals surface area contributed by atoms with Crippen molar-refractivity contribution in [3.63, 3.8) is 0 Å². The molecule has 1 atom stereocenters. The Balaban J connectivity index is 1.83. The third-order valence-electron chi connectivity index (χ3n) is 3.40. The molecule has 1 amide bonds. The van der Waals surface area contributed by atoms with Crippen LogP contribution in [0, 0.1) is 0 Å². The van der Waals surface area contributed by atoms with Crippen LogP contribution >= 0.6 is 34.7 Å². The van der Waals surface area contributed by atoms with E-state index in [-0.39, 0.29) is 5.91 Å². The predicted octanol–water partition coefficient (Wildman–Crippen LogP) is 4.25. The molecule has 0 spiro atoms. The normalized spacial score (nSPS) is 11.8. The highest BCUT2D eigenvalue weighted by molar-refractivity contribution is 8.02. The molecule has 9 heteroatoms. The number of rotatable bonds is 6. The van der Waals surface area contributed by atoms with Crippen LogP contribution in [0.25, 0.3) is 0 Å². The number of methoxy groups -OCH3 is 1. The smallest absolute Gasteiger partial charge is 0.242 e. The number of aromatic nitrogens is 2. The van der Waals surface area contributed by atoms with E-state index in [2.05, 4.69) is 15.5 Å². The lowest BCUT2D eigenvalue weighted by molar-refractivity contribution is -0.115. The number of halogens is 1. The van der Waals surface area contributed by atoms with Crippen molar-refractivity contribution in [2.45, 2.75) is 9.59 Å². The van der Waals surface area contributed by atoms with E-state index in [1.54, 1.807) is 18.2 Å². The maximum Gasteiger partial charge on any atom is 0.242 e. The number of nitrogen functional groups attached to an aromatic ring is 1. The molecule has 0 aliphatic carbocycles. The van der Waals surface area contributed by atoms with E-state index in [1.165, 1.54) is 30.2 Å². The lowest BCUT2D eigenvalue weighted by Gasteiger charge is -2.16. The number of carbonyl (C=O) groups excluding carboxylic acids is 1. The topological polar surface area (TPSA) is 90.1 Å². The van der Waals surface area contributed by atoms with Crippen molar-refractivity contribution in [2.24, 2.45) is 0 Å². The van der Waals surface area contributed by atoms with Crippen molar-refractivity contribution >= 4 is 51.4 Å². The van der Waals surface area contributed by atoms with Gasteiger partial charge in [0.05, 0.1) is 12.1 Å². The number of thioether (sulfide) groups is 1. The lowest BCUT2D eigenvalue weighted by Crippen LogP contribution is -2.19. The van der Waals surface area contributed by atoms with Gasteiger partial charge in [0, 0.05) is 5.69 Å². The molecule has 0 bridgehead atoms. The molecule has 3 rings (SSSR count). The summed E-state index contributed by atoms with van der Waals surface area (Å²) in [6, 6.07) is 14.5. The minimum Gasteiger partial charge on any atom is -0.495 e. The quantitative estimate of drug-likeness (QED) is 0.594. The molecule has 1 aromatic heterocycles. The van der Waals surface area contributed by atoms with E-state index in [4.69, 9.17) is 22.1 Å². The summed E-state index contributed by atoms with van der Waals surface area (Å²) < 4.78 is 5.75. The molecule has 3 aromatic rings. The number of benzene rings is 2. The van der Waals surface area contributed by atoms with E-state index < -0.39 is 5.25 Å². The standard InChI is InChI=1S/C17H15ClN4O2S2/c1-24-13-8-7-11(9-12(13)18)20-15(23)14(10-5-3-2-4-6-10)25-17-22-21-16(19)26-17/h2-9,14H,1H3,(H2,19,21)(H,20,23). The summed E-state index contributed by atoms with van der Waals surface area (Å²) in [5.41, 5.74) is 7.07. The summed E-state index contributed by atoms with van der Waals surface area (Å²) in [7, 11) is 1.54. The van der Waals surface area contributed by atoms with Crippen LogP contribution < -0.4 is 15.8 Å². The number of nitrogens with zero attached hydrogens (tertiary/aromatic N) is 2. The summed E-state index contributed by atoms with van der Waals surface area (Å²) in [5.74, 6) is 0.346. The first kappa shape index (κ1) is 18.5. The second-order valence-corrected chi connectivity index (χ2v) is 7.92. The van der Waals surface area contributed by atoms with Gasteiger partial charge in [-0.2, -0.15) is 0 Å². The molecule has 3 N–H and O–H groups in total. The van der Waals surface area contributed by atoms with Crippen LogP contribution in [0.3, 0.4) is 0 Å². The van der Waals surface area contributed by atoms with Gasteiger partial charge in [0.1, 0.15) is 11.0 Å². The fourth-order valence-corrected chi connectivity index (χ4v) is 4.31. The maximum atomic E-state index is 12.9. The second kappa shape index (κ2) is 8.39. The number of anilines is 2. The molecule has 1 unspecified atom stereocenters. The lowest BCUT2D eigenvalue weighted by atomic mass is 10.1. The van der Waals surface area contributed by atoms with Crippen molar-refractivity contribution < 1.29 is 9.53 Å². The van der Waals surface area contributed by atoms with Gasteiger partial charge in [-0.1, -0.05) is 65.0 Å². The average molecular weight is 407 g/mol. The number of carbonyl (C=O) groups is 1. The van der Waals surface area contributed by atoms with Crippen molar-refractivity contribution in [1.29, 1.82) is 0 Å². The van der Waals surface area contributed by atoms with Gasteiger partial charge in [-0.25, -0.2) is 0 Å². The molecular weight excluding hydrogens is 392 g/mol. The summed E-state index contributed by atoms with van der Waals surface area (Å²) in [6.07, 6.45) is 0. The van der Waals surface area contributed by atoms with Crippen molar-refractivity contribution in [3.05, 3.63) is 59.1 Å². The Kier molecular flexibility index (Phi) is 5.97. The SMILES string of the molecule is COc1ccc(NC(=O)C(Sc2nnc(N)s2)c2ccccc2)cc1Cl. The number of nitrogens with two attached hydrogens (primary N) is 1. The van der Waals surface area contributed by atoms with Crippen molar-refractivity contribution in [1.82, 2.24) is 10.2 Å². The van der Waals surface area contributed by atoms with Crippen LogP contribution in [-0.4, -0.2) is 23.2 Å². The number of amides is 1. The van der Waals surface area contributed by atoms with E-state index in [1.807, 2.05) is 30.3 Å². The first-order valence-corrected chi connectivity index (χ1v) is 9.59. The van der Waals surface area contributed by atoms with Gasteiger partial charge in [0.15, 0.2) is 4.34 Å². The van der Waals surface area contributed by atoms with Crippen LogP contribution in [0.5, 0.6) is 5.75 Å². The van der Waals surface area contributed by atoms with Crippen LogP contribution in [0.2, 0.25) is 5.02 Å². The molecule has 0 aliphatic rings. The Hall–Kier alpha value is -2.29. The molecule has 0 saturated carbocycles. The number of hydrogen-bond donors (Lipinski definition) is 2. The Morgan fingerprint density at radius 3 is 2.65 bits per heavy atom. The molecule has 134 valence electrons. The van der Waals surface area contributed by atoms with Gasteiger partial charge < -0.3 is 15.8 Å². The summed E-state index contributed by atoms with van der Waals surface area (Å²) in [4.78, 5) is 12.9. The fraction of sp³-hybridized carbons (Fsp3) is 0.118. The highest BCUT2D eigenvalue weighted by atomic mass is 35.5. The van der Waals surface area contributed by atoms with E-state index in [9.17, 15) is 4.79 Å². The molecule has 2 aromatic carbocycles. The summed E-state index contributed by atoms with van der Waals surface area (Å²) in [5, 5.41) is 11.0. The van der Waals surface area contributed by atoms with Crippen molar-refractivity contribution in [3.8, 4) is 5.75 Å². The number of hydrogen-bond acceptors (Lipinski definition) is 7. The minimum atomic E-state index is -0.510. The van der Waals surface area contributed by atoms with Crippen molar-refractivity contribution in [2.75, 3.05) is 18.2 Å². The van der Waals surface area contributed by atoms with E-state index in [0.717, 1.165) is 5.56 Å². The molecule has 6 nitrogen and oxygen atoms in total. The Bertz CT molecular complexity index is 905. The molecular formula is C17H15ClN4O2S2. The molecule has 0 saturated heterocycles. The maximum absolute atomic E-state index is 12.9. The van der Waals surface area contributed by atoms with E-state index >= 15 is 0 Å². The van der Waals surface area contributed by atoms with Gasteiger partial charge in [0.2, 0.25) is 11.0 Å². The van der Waals surface area contributed by atoms with Gasteiger partial charge >= 0.3 is 0 Å². The van der Waals surface area contributed by atoms with Gasteiger partial charge in [-0.15, -0.1) is 10.2 Å². The molecule has 1 heterocycles. The van der Waals surface area contributed by atoms with Gasteiger partial charge in [-0.05, 0) is 23.8 Å². The largest absolute Gasteiger partial charge is 0.495 e. The first-order valence-electron chi connectivity index (χ1n) is 7.52. The number of nitrogens with one attached hydrogen (secondary N) is 1. The first-order chi connectivity index (χ1) is 12.6. The second-order valence-electron chi connectivity index (χ2n) is 5.15. The zero-order chi connectivity index (χ0) is 18.5. The van der Waals surface area contributed by atoms with Crippen LogP contribution in [-0.2, 0) is 4.79 Å². The average Bonchev–Trinajstić information content (AvgIpc) is 3.05. The third kappa shape index (κ3) is 4.46. The molecule has 26 heavy (non-hydrogen) atoms. The molecule has 0 fully saturated rings. The minimum absolute atomic E-state index is 0.198. The van der Waals surface area contributed by atoms with Gasteiger partial charge in [-0.3, -0.25) is 4.79 Å². The molecule has 0 radical (unpaired) electrons. The summed E-state index contributed by atoms with van der Waals surface area (Å²) in [6.45, 7) is 0. The van der Waals surface area contributed by atoms with Crippen LogP contribution in [0.15, 0.2) is 52.9 Å².